The molecule has 0 aliphatic heterocycles. The van der Waals surface area contributed by atoms with Crippen LogP contribution in [0.1, 0.15) is 11.3 Å². The molecule has 1 aromatic carbocycles. The van der Waals surface area contributed by atoms with Crippen molar-refractivity contribution in [1.29, 1.82) is 0 Å². The number of hydrogen-bond acceptors (Lipinski definition) is 1. The predicted molar refractivity (Wildman–Crippen MR) is 58.0 cm³/mol. The Hall–Kier alpha value is -1.35. The van der Waals surface area contributed by atoms with Crippen LogP contribution in [0.25, 0.3) is 5.69 Å². The molecule has 15 heavy (non-hydrogen) atoms. The Morgan fingerprint density at radius 3 is 2.53 bits per heavy atom. The predicted octanol–water partition coefficient (Wildman–Crippen LogP) is 3.28. The van der Waals surface area contributed by atoms with Crippen LogP contribution in [0.15, 0.2) is 24.3 Å². The highest BCUT2D eigenvalue weighted by molar-refractivity contribution is 6.29. The van der Waals surface area contributed by atoms with Gasteiger partial charge in [0, 0.05) is 0 Å². The maximum Gasteiger partial charge on any atom is 0.133 e. The fourth-order valence-corrected chi connectivity index (χ4v) is 1.78. The van der Waals surface area contributed by atoms with Crippen molar-refractivity contribution in [3.8, 4) is 5.69 Å². The number of rotatable bonds is 1. The molecule has 0 aliphatic carbocycles. The zero-order valence-corrected chi connectivity index (χ0v) is 9.22. The molecule has 0 fully saturated rings. The lowest BCUT2D eigenvalue weighted by Gasteiger charge is -2.06. The lowest BCUT2D eigenvalue weighted by molar-refractivity contribution is 0.625. The van der Waals surface area contributed by atoms with E-state index in [4.69, 9.17) is 11.6 Å². The topological polar surface area (TPSA) is 17.8 Å². The highest BCUT2D eigenvalue weighted by Crippen LogP contribution is 2.20. The maximum absolute atomic E-state index is 12.9. The minimum absolute atomic E-state index is 0.253. The summed E-state index contributed by atoms with van der Waals surface area (Å²) in [7, 11) is 0. The van der Waals surface area contributed by atoms with Gasteiger partial charge >= 0.3 is 0 Å². The van der Waals surface area contributed by atoms with E-state index in [0.29, 0.717) is 5.15 Å². The maximum atomic E-state index is 12.9. The molecule has 0 radical (unpaired) electrons. The summed E-state index contributed by atoms with van der Waals surface area (Å²) in [6.07, 6.45) is 0. The van der Waals surface area contributed by atoms with Gasteiger partial charge in [0.05, 0.1) is 11.4 Å². The smallest absolute Gasteiger partial charge is 0.133 e. The number of benzene rings is 1. The summed E-state index contributed by atoms with van der Waals surface area (Å²) in [5.74, 6) is -0.253. The summed E-state index contributed by atoms with van der Waals surface area (Å²) in [6, 6.07) is 6.30. The van der Waals surface area contributed by atoms with Crippen LogP contribution in [0, 0.1) is 19.7 Å². The van der Waals surface area contributed by atoms with E-state index < -0.39 is 0 Å². The van der Waals surface area contributed by atoms with Crippen molar-refractivity contribution in [2.45, 2.75) is 13.8 Å². The molecule has 1 heterocycles. The van der Waals surface area contributed by atoms with Gasteiger partial charge in [-0.15, -0.1) is 0 Å². The van der Waals surface area contributed by atoms with Crippen molar-refractivity contribution in [2.24, 2.45) is 0 Å². The van der Waals surface area contributed by atoms with Gasteiger partial charge in [-0.05, 0) is 43.7 Å². The summed E-state index contributed by atoms with van der Waals surface area (Å²) >= 11 is 6.00. The molecule has 0 N–H and O–H groups in total. The van der Waals surface area contributed by atoms with Gasteiger partial charge in [0.1, 0.15) is 11.0 Å². The van der Waals surface area contributed by atoms with Crippen molar-refractivity contribution in [2.75, 3.05) is 0 Å². The van der Waals surface area contributed by atoms with Crippen molar-refractivity contribution in [3.63, 3.8) is 0 Å². The molecule has 0 amide bonds. The summed E-state index contributed by atoms with van der Waals surface area (Å²) in [5.41, 5.74) is 2.44. The molecular formula is C11H10ClFN2. The third-order valence-corrected chi connectivity index (χ3v) is 2.44. The average Bonchev–Trinajstić information content (AvgIpc) is 2.45. The number of aryl methyl sites for hydroxylation is 2. The lowest BCUT2D eigenvalue weighted by Crippen LogP contribution is -1.99. The number of hydrogen-bond donors (Lipinski definition) is 0. The zero-order chi connectivity index (χ0) is 11.0. The van der Waals surface area contributed by atoms with Gasteiger partial charge in [-0.3, -0.25) is 0 Å². The van der Waals surface area contributed by atoms with Gasteiger partial charge < -0.3 is 0 Å². The Morgan fingerprint density at radius 1 is 1.27 bits per heavy atom. The Balaban J connectivity index is 2.59. The first-order chi connectivity index (χ1) is 7.08. The van der Waals surface area contributed by atoms with Crippen molar-refractivity contribution in [3.05, 3.63) is 46.5 Å². The molecule has 0 saturated carbocycles. The average molecular weight is 225 g/mol. The lowest BCUT2D eigenvalue weighted by atomic mass is 10.2. The molecule has 0 bridgehead atoms. The molecule has 0 saturated heterocycles. The van der Waals surface area contributed by atoms with Crippen LogP contribution in [0.2, 0.25) is 5.15 Å². The molecule has 0 spiro atoms. The molecule has 0 unspecified atom stereocenters. The molecule has 2 rings (SSSR count). The van der Waals surface area contributed by atoms with Crippen LogP contribution in [-0.4, -0.2) is 9.78 Å². The van der Waals surface area contributed by atoms with E-state index in [-0.39, 0.29) is 5.82 Å². The number of halogens is 2. The van der Waals surface area contributed by atoms with E-state index in [1.54, 1.807) is 16.8 Å². The van der Waals surface area contributed by atoms with Crippen molar-refractivity contribution < 1.29 is 4.39 Å². The van der Waals surface area contributed by atoms with Crippen molar-refractivity contribution in [1.82, 2.24) is 9.78 Å². The Morgan fingerprint density at radius 2 is 2.00 bits per heavy atom. The highest BCUT2D eigenvalue weighted by atomic mass is 35.5. The van der Waals surface area contributed by atoms with Crippen molar-refractivity contribution >= 4 is 11.6 Å². The first-order valence-electron chi connectivity index (χ1n) is 4.56. The SMILES string of the molecule is Cc1cc(Cl)n(-c2ccc(F)cc2C)n1. The van der Waals surface area contributed by atoms with Crippen LogP contribution in [0.5, 0.6) is 0 Å². The molecule has 1 aromatic heterocycles. The summed E-state index contributed by atoms with van der Waals surface area (Å²) in [4.78, 5) is 0. The molecule has 78 valence electrons. The second kappa shape index (κ2) is 3.66. The van der Waals surface area contributed by atoms with Crippen LogP contribution in [0.4, 0.5) is 4.39 Å². The van der Waals surface area contributed by atoms with Gasteiger partial charge in [-0.25, -0.2) is 9.07 Å². The first kappa shape index (κ1) is 10.2. The van der Waals surface area contributed by atoms with Gasteiger partial charge in [0.15, 0.2) is 0 Å². The zero-order valence-electron chi connectivity index (χ0n) is 8.46. The molecule has 4 heteroatoms. The van der Waals surface area contributed by atoms with Crippen LogP contribution in [0.3, 0.4) is 0 Å². The first-order valence-corrected chi connectivity index (χ1v) is 4.94. The molecule has 0 atom stereocenters. The summed E-state index contributed by atoms with van der Waals surface area (Å²) in [6.45, 7) is 3.69. The summed E-state index contributed by atoms with van der Waals surface area (Å²) in [5, 5.41) is 4.76. The molecule has 0 aliphatic rings. The summed E-state index contributed by atoms with van der Waals surface area (Å²) < 4.78 is 14.5. The minimum Gasteiger partial charge on any atom is -0.222 e. The largest absolute Gasteiger partial charge is 0.222 e. The fourth-order valence-electron chi connectivity index (χ4n) is 1.49. The van der Waals surface area contributed by atoms with Crippen LogP contribution >= 0.6 is 11.6 Å². The molecule has 2 aromatic rings. The van der Waals surface area contributed by atoms with E-state index >= 15 is 0 Å². The van der Waals surface area contributed by atoms with Gasteiger partial charge in [-0.1, -0.05) is 11.6 Å². The Bertz CT molecular complexity index is 505. The minimum atomic E-state index is -0.253. The quantitative estimate of drug-likeness (QED) is 0.727. The van der Waals surface area contributed by atoms with E-state index in [2.05, 4.69) is 5.10 Å². The Labute approximate surface area is 92.3 Å². The van der Waals surface area contributed by atoms with Gasteiger partial charge in [-0.2, -0.15) is 5.10 Å². The van der Waals surface area contributed by atoms with Gasteiger partial charge in [0.2, 0.25) is 0 Å². The standard InChI is InChI=1S/C11H10ClFN2/c1-7-5-9(13)3-4-10(7)15-11(12)6-8(2)14-15/h3-6H,1-2H3. The molecule has 2 nitrogen and oxygen atoms in total. The number of aromatic nitrogens is 2. The monoisotopic (exact) mass is 224 g/mol. The normalized spacial score (nSPS) is 10.7. The Kier molecular flexibility index (Phi) is 2.49. The van der Waals surface area contributed by atoms with E-state index in [1.165, 1.54) is 12.1 Å². The van der Waals surface area contributed by atoms with E-state index in [0.717, 1.165) is 16.9 Å². The highest BCUT2D eigenvalue weighted by Gasteiger charge is 2.08. The molecular weight excluding hydrogens is 215 g/mol. The van der Waals surface area contributed by atoms with Crippen LogP contribution in [-0.2, 0) is 0 Å². The van der Waals surface area contributed by atoms with Gasteiger partial charge in [0.25, 0.3) is 0 Å². The third kappa shape index (κ3) is 1.88. The van der Waals surface area contributed by atoms with Crippen LogP contribution < -0.4 is 0 Å². The second-order valence-electron chi connectivity index (χ2n) is 3.45. The van der Waals surface area contributed by atoms with E-state index in [9.17, 15) is 4.39 Å². The number of nitrogens with zero attached hydrogens (tertiary/aromatic N) is 2. The van der Waals surface area contributed by atoms with E-state index in [1.807, 2.05) is 13.8 Å². The third-order valence-electron chi connectivity index (χ3n) is 2.18. The second-order valence-corrected chi connectivity index (χ2v) is 3.84. The fraction of sp³-hybridized carbons (Fsp3) is 0.182.